The molecule has 164 valence electrons. The number of aryl methyl sites for hydroxylation is 1. The van der Waals surface area contributed by atoms with Crippen molar-refractivity contribution in [3.8, 4) is 11.8 Å². The van der Waals surface area contributed by atoms with E-state index in [9.17, 15) is 18.8 Å². The molecule has 0 fully saturated rings. The third kappa shape index (κ3) is 3.66. The van der Waals surface area contributed by atoms with Crippen molar-refractivity contribution in [2.75, 3.05) is 7.11 Å². The third-order valence-electron chi connectivity index (χ3n) is 5.03. The van der Waals surface area contributed by atoms with Gasteiger partial charge in [-0.05, 0) is 42.0 Å². The quantitative estimate of drug-likeness (QED) is 0.443. The molecule has 4 aromatic rings. The van der Waals surface area contributed by atoms with Gasteiger partial charge in [-0.1, -0.05) is 12.1 Å². The minimum atomic E-state index is -0.553. The summed E-state index contributed by atoms with van der Waals surface area (Å²) in [5.74, 6) is -0.572. The van der Waals surface area contributed by atoms with Gasteiger partial charge in [0.05, 0.1) is 19.2 Å². The van der Waals surface area contributed by atoms with E-state index < -0.39 is 23.0 Å². The maximum Gasteiger partial charge on any atom is 0.337 e. The minimum Gasteiger partial charge on any atom is -0.465 e. The van der Waals surface area contributed by atoms with Crippen LogP contribution in [-0.4, -0.2) is 31.8 Å². The second-order valence-electron chi connectivity index (χ2n) is 7.11. The highest BCUT2D eigenvalue weighted by Crippen LogP contribution is 2.25. The number of halogens is 1. The van der Waals surface area contributed by atoms with E-state index in [0.717, 1.165) is 4.57 Å². The van der Waals surface area contributed by atoms with Crippen molar-refractivity contribution in [1.29, 1.82) is 0 Å². The van der Waals surface area contributed by atoms with Crippen molar-refractivity contribution < 1.29 is 18.7 Å². The Bertz CT molecular complexity index is 1450. The SMILES string of the molecule is COC(=O)c1ccc(Oc2nc3c(c(=O)n(C)c(=O)n3C)n2Cc2cccc(F)c2)cc1. The fraction of sp³-hybridized carbons (Fsp3) is 0.182. The van der Waals surface area contributed by atoms with Gasteiger partial charge < -0.3 is 9.47 Å². The minimum absolute atomic E-state index is 0.0355. The first-order chi connectivity index (χ1) is 15.3. The van der Waals surface area contributed by atoms with Crippen LogP contribution in [0.4, 0.5) is 4.39 Å². The molecule has 0 saturated carbocycles. The third-order valence-corrected chi connectivity index (χ3v) is 5.03. The monoisotopic (exact) mass is 438 g/mol. The topological polar surface area (TPSA) is 97.4 Å². The first-order valence-electron chi connectivity index (χ1n) is 9.57. The molecule has 0 aliphatic heterocycles. The molecule has 4 rings (SSSR count). The van der Waals surface area contributed by atoms with Crippen molar-refractivity contribution in [3.05, 3.63) is 86.3 Å². The van der Waals surface area contributed by atoms with Gasteiger partial charge in [0.15, 0.2) is 11.2 Å². The summed E-state index contributed by atoms with van der Waals surface area (Å²) in [6.45, 7) is 0.0806. The summed E-state index contributed by atoms with van der Waals surface area (Å²) in [4.78, 5) is 41.3. The van der Waals surface area contributed by atoms with E-state index in [0.29, 0.717) is 16.9 Å². The van der Waals surface area contributed by atoms with Crippen LogP contribution in [0.5, 0.6) is 11.8 Å². The van der Waals surface area contributed by atoms with E-state index in [2.05, 4.69) is 9.72 Å². The molecule has 10 heteroatoms. The van der Waals surface area contributed by atoms with Gasteiger partial charge in [-0.25, -0.2) is 14.0 Å². The molecule has 2 heterocycles. The van der Waals surface area contributed by atoms with E-state index in [1.807, 2.05) is 0 Å². The van der Waals surface area contributed by atoms with Gasteiger partial charge in [0, 0.05) is 14.1 Å². The van der Waals surface area contributed by atoms with E-state index in [1.165, 1.54) is 54.6 Å². The molecule has 0 aliphatic rings. The number of ether oxygens (including phenoxy) is 2. The summed E-state index contributed by atoms with van der Waals surface area (Å²) in [6, 6.07) is 12.1. The Labute approximate surface area is 180 Å². The van der Waals surface area contributed by atoms with E-state index >= 15 is 0 Å². The van der Waals surface area contributed by atoms with Gasteiger partial charge in [0.25, 0.3) is 5.56 Å². The molecule has 0 saturated heterocycles. The summed E-state index contributed by atoms with van der Waals surface area (Å²) in [6.07, 6.45) is 0. The average molecular weight is 438 g/mol. The Kier molecular flexibility index (Phi) is 5.35. The molecule has 32 heavy (non-hydrogen) atoms. The Morgan fingerprint density at radius 2 is 1.78 bits per heavy atom. The number of aromatic nitrogens is 4. The summed E-state index contributed by atoms with van der Waals surface area (Å²) < 4.78 is 28.0. The van der Waals surface area contributed by atoms with Crippen molar-refractivity contribution in [1.82, 2.24) is 18.7 Å². The highest BCUT2D eigenvalue weighted by molar-refractivity contribution is 5.89. The van der Waals surface area contributed by atoms with Gasteiger partial charge in [0.2, 0.25) is 0 Å². The lowest BCUT2D eigenvalue weighted by Gasteiger charge is -2.11. The van der Waals surface area contributed by atoms with Crippen LogP contribution >= 0.6 is 0 Å². The number of carbonyl (C=O) groups excluding carboxylic acids is 1. The Morgan fingerprint density at radius 1 is 1.06 bits per heavy atom. The molecular formula is C22H19FN4O5. The zero-order valence-corrected chi connectivity index (χ0v) is 17.5. The molecule has 9 nitrogen and oxygen atoms in total. The zero-order chi connectivity index (χ0) is 23.0. The Morgan fingerprint density at radius 3 is 2.44 bits per heavy atom. The highest BCUT2D eigenvalue weighted by atomic mass is 19.1. The number of rotatable bonds is 5. The van der Waals surface area contributed by atoms with Crippen molar-refractivity contribution >= 4 is 17.1 Å². The maximum absolute atomic E-state index is 13.7. The van der Waals surface area contributed by atoms with Crippen LogP contribution in [0.1, 0.15) is 15.9 Å². The van der Waals surface area contributed by atoms with Crippen LogP contribution in [0.2, 0.25) is 0 Å². The van der Waals surface area contributed by atoms with Crippen LogP contribution in [0.15, 0.2) is 58.1 Å². The van der Waals surface area contributed by atoms with Gasteiger partial charge in [0.1, 0.15) is 11.6 Å². The molecule has 0 atom stereocenters. The number of hydrogen-bond donors (Lipinski definition) is 0. The first-order valence-corrected chi connectivity index (χ1v) is 9.57. The molecule has 2 aromatic heterocycles. The molecule has 0 amide bonds. The van der Waals surface area contributed by atoms with E-state index in [4.69, 9.17) is 4.74 Å². The van der Waals surface area contributed by atoms with Crippen molar-refractivity contribution in [2.24, 2.45) is 14.1 Å². The van der Waals surface area contributed by atoms with Crippen LogP contribution in [0, 0.1) is 5.82 Å². The van der Waals surface area contributed by atoms with Gasteiger partial charge >= 0.3 is 17.7 Å². The highest BCUT2D eigenvalue weighted by Gasteiger charge is 2.21. The Balaban J connectivity index is 1.86. The van der Waals surface area contributed by atoms with E-state index in [1.54, 1.807) is 24.3 Å². The molecule has 0 radical (unpaired) electrons. The number of fused-ring (bicyclic) bond motifs is 1. The lowest BCUT2D eigenvalue weighted by Crippen LogP contribution is -2.37. The summed E-state index contributed by atoms with van der Waals surface area (Å²) in [7, 11) is 4.15. The molecule has 0 N–H and O–H groups in total. The lowest BCUT2D eigenvalue weighted by molar-refractivity contribution is 0.0600. The first kappa shape index (κ1) is 21.0. The molecule has 2 aromatic carbocycles. The largest absolute Gasteiger partial charge is 0.465 e. The second-order valence-corrected chi connectivity index (χ2v) is 7.11. The van der Waals surface area contributed by atoms with Crippen molar-refractivity contribution in [3.63, 3.8) is 0 Å². The summed E-state index contributed by atoms with van der Waals surface area (Å²) in [5, 5.41) is 0. The number of hydrogen-bond acceptors (Lipinski definition) is 6. The van der Waals surface area contributed by atoms with Crippen LogP contribution in [0.25, 0.3) is 11.2 Å². The van der Waals surface area contributed by atoms with Crippen LogP contribution < -0.4 is 16.0 Å². The zero-order valence-electron chi connectivity index (χ0n) is 17.5. The van der Waals surface area contributed by atoms with Gasteiger partial charge in [-0.2, -0.15) is 4.98 Å². The van der Waals surface area contributed by atoms with E-state index in [-0.39, 0.29) is 23.7 Å². The molecule has 0 aliphatic carbocycles. The maximum atomic E-state index is 13.7. The summed E-state index contributed by atoms with van der Waals surface area (Å²) in [5.41, 5.74) is 0.0981. The molecule has 0 bridgehead atoms. The summed E-state index contributed by atoms with van der Waals surface area (Å²) >= 11 is 0. The molecular weight excluding hydrogens is 419 g/mol. The van der Waals surface area contributed by atoms with Crippen molar-refractivity contribution in [2.45, 2.75) is 6.54 Å². The number of benzene rings is 2. The number of esters is 1. The lowest BCUT2D eigenvalue weighted by atomic mass is 10.2. The Hall–Kier alpha value is -4.21. The number of imidazole rings is 1. The van der Waals surface area contributed by atoms with Crippen LogP contribution in [0.3, 0.4) is 0 Å². The number of nitrogens with zero attached hydrogens (tertiary/aromatic N) is 4. The fourth-order valence-electron chi connectivity index (χ4n) is 3.35. The second kappa shape index (κ2) is 8.14. The smallest absolute Gasteiger partial charge is 0.337 e. The van der Waals surface area contributed by atoms with Gasteiger partial charge in [-0.15, -0.1) is 0 Å². The van der Waals surface area contributed by atoms with Gasteiger partial charge in [-0.3, -0.25) is 18.5 Å². The van der Waals surface area contributed by atoms with Crippen LogP contribution in [-0.2, 0) is 25.4 Å². The number of methoxy groups -OCH3 is 1. The predicted octanol–water partition coefficient (Wildman–Crippen LogP) is 2.20. The normalized spacial score (nSPS) is 11.0. The molecule has 0 spiro atoms. The number of carbonyl (C=O) groups is 1. The molecule has 0 unspecified atom stereocenters. The average Bonchev–Trinajstić information content (AvgIpc) is 3.14. The standard InChI is InChI=1S/C22H19FN4O5/c1-25-18-17(19(28)26(2)22(25)30)27(12-13-5-4-6-15(23)11-13)21(24-18)32-16-9-7-14(8-10-16)20(29)31-3/h4-11H,12H2,1-3H3. The predicted molar refractivity (Wildman–Crippen MR) is 114 cm³/mol. The fourth-order valence-corrected chi connectivity index (χ4v) is 3.35.